The number of aromatic amines is 1. The van der Waals surface area contributed by atoms with E-state index in [2.05, 4.69) is 15.0 Å². The molecule has 0 radical (unpaired) electrons. The number of hydrogen-bond donors (Lipinski definition) is 1. The second-order valence-corrected chi connectivity index (χ2v) is 6.16. The van der Waals surface area contributed by atoms with E-state index >= 15 is 0 Å². The molecule has 142 valence electrons. The number of ether oxygens (including phenoxy) is 2. The summed E-state index contributed by atoms with van der Waals surface area (Å²) in [5.41, 5.74) is 8.10. The number of allylic oxidation sites excluding steroid dienone is 1. The van der Waals surface area contributed by atoms with Crippen LogP contribution in [0.5, 0.6) is 0 Å². The fraction of sp³-hybridized carbons (Fsp3) is 0.438. The minimum absolute atomic E-state index is 0.123. The van der Waals surface area contributed by atoms with E-state index < -0.39 is 35.6 Å². The Morgan fingerprint density at radius 3 is 3.04 bits per heavy atom. The zero-order chi connectivity index (χ0) is 19.4. The highest BCUT2D eigenvalue weighted by molar-refractivity contribution is 5.88. The van der Waals surface area contributed by atoms with E-state index in [1.807, 2.05) is 12.3 Å². The first-order chi connectivity index (χ1) is 13.0. The smallest absolute Gasteiger partial charge is 0.335 e. The number of H-pyrrole nitrogens is 1. The molecule has 3 rings (SSSR count). The molecule has 11 nitrogen and oxygen atoms in total. The third kappa shape index (κ3) is 4.27. The monoisotopic (exact) mass is 374 g/mol. The third-order valence-electron chi connectivity index (χ3n) is 4.24. The number of nitrogens with one attached hydrogen (secondary N) is 1. The minimum atomic E-state index is -0.739. The summed E-state index contributed by atoms with van der Waals surface area (Å²) < 4.78 is 12.3. The Morgan fingerprint density at radius 2 is 2.33 bits per heavy atom. The van der Waals surface area contributed by atoms with Crippen LogP contribution >= 0.6 is 0 Å². The molecule has 1 saturated heterocycles. The summed E-state index contributed by atoms with van der Waals surface area (Å²) in [6, 6.07) is 0.579. The van der Waals surface area contributed by atoms with E-state index in [4.69, 9.17) is 15.0 Å². The summed E-state index contributed by atoms with van der Waals surface area (Å²) in [6.45, 7) is -0.123. The molecule has 1 aromatic rings. The summed E-state index contributed by atoms with van der Waals surface area (Å²) in [6.07, 6.45) is 5.89. The number of esters is 1. The average Bonchev–Trinajstić information content (AvgIpc) is 3.02. The molecule has 1 aromatic heterocycles. The van der Waals surface area contributed by atoms with Gasteiger partial charge in [0.1, 0.15) is 18.9 Å². The van der Waals surface area contributed by atoms with Crippen LogP contribution in [0.15, 0.2) is 51.0 Å². The second kappa shape index (κ2) is 7.94. The molecule has 2 aliphatic heterocycles. The van der Waals surface area contributed by atoms with Gasteiger partial charge in [0.15, 0.2) is 0 Å². The van der Waals surface area contributed by atoms with Crippen molar-refractivity contribution in [1.82, 2.24) is 14.5 Å². The molecule has 2 aliphatic rings. The molecule has 27 heavy (non-hydrogen) atoms. The highest BCUT2D eigenvalue weighted by atomic mass is 16.6. The molecular weight excluding hydrogens is 356 g/mol. The van der Waals surface area contributed by atoms with Crippen LogP contribution in [0.3, 0.4) is 0 Å². The summed E-state index contributed by atoms with van der Waals surface area (Å²) in [5, 5.41) is 3.67. The van der Waals surface area contributed by atoms with Crippen molar-refractivity contribution >= 4 is 5.97 Å². The number of carbonyl (C=O) groups excluding carboxylic acids is 1. The van der Waals surface area contributed by atoms with Crippen molar-refractivity contribution in [2.24, 2.45) is 5.11 Å². The topological polar surface area (TPSA) is 142 Å². The fourth-order valence-corrected chi connectivity index (χ4v) is 2.95. The van der Waals surface area contributed by atoms with Crippen LogP contribution in [0.1, 0.15) is 19.1 Å². The number of nitrogens with zero attached hydrogens (tertiary/aromatic N) is 5. The van der Waals surface area contributed by atoms with Gasteiger partial charge in [0.25, 0.3) is 5.56 Å². The van der Waals surface area contributed by atoms with Crippen molar-refractivity contribution in [1.29, 1.82) is 0 Å². The number of aromatic nitrogens is 2. The fourth-order valence-electron chi connectivity index (χ4n) is 2.95. The van der Waals surface area contributed by atoms with Gasteiger partial charge in [0, 0.05) is 43.3 Å². The first-order valence-electron chi connectivity index (χ1n) is 8.25. The molecule has 1 unspecified atom stereocenters. The van der Waals surface area contributed by atoms with Crippen LogP contribution in [0, 0.1) is 0 Å². The lowest BCUT2D eigenvalue weighted by Crippen LogP contribution is -2.32. The van der Waals surface area contributed by atoms with Gasteiger partial charge in [-0.05, 0) is 11.7 Å². The second-order valence-electron chi connectivity index (χ2n) is 6.16. The average molecular weight is 374 g/mol. The standard InChI is InChI=1S/C16H18N6O5/c1-21-5-2-3-10(8-21)15(24)26-9-12-11(19-20-17)7-14(27-12)22-6-4-13(23)18-16(22)25/h2,4-6,8,11-12,14H,3,7,9H2,1H3,(H,18,23,25)/t11?,12-,14-/m1/s1. The van der Waals surface area contributed by atoms with E-state index in [1.165, 1.54) is 16.8 Å². The van der Waals surface area contributed by atoms with Crippen LogP contribution < -0.4 is 11.2 Å². The molecule has 0 bridgehead atoms. The quantitative estimate of drug-likeness (QED) is 0.349. The Labute approximate surface area is 153 Å². The van der Waals surface area contributed by atoms with Crippen molar-refractivity contribution in [2.45, 2.75) is 31.2 Å². The van der Waals surface area contributed by atoms with Gasteiger partial charge in [-0.2, -0.15) is 0 Å². The van der Waals surface area contributed by atoms with E-state index in [1.54, 1.807) is 18.1 Å². The number of hydrogen-bond acceptors (Lipinski definition) is 7. The summed E-state index contributed by atoms with van der Waals surface area (Å²) >= 11 is 0. The third-order valence-corrected chi connectivity index (χ3v) is 4.24. The molecular formula is C16H18N6O5. The lowest BCUT2D eigenvalue weighted by molar-refractivity contribution is -0.144. The first-order valence-corrected chi connectivity index (χ1v) is 8.25. The van der Waals surface area contributed by atoms with Crippen LogP contribution in [-0.4, -0.2) is 46.2 Å². The number of rotatable bonds is 5. The molecule has 3 atom stereocenters. The zero-order valence-electron chi connectivity index (χ0n) is 14.5. The Morgan fingerprint density at radius 1 is 1.52 bits per heavy atom. The van der Waals surface area contributed by atoms with Crippen molar-refractivity contribution in [3.05, 3.63) is 67.6 Å². The predicted octanol–water partition coefficient (Wildman–Crippen LogP) is 0.779. The highest BCUT2D eigenvalue weighted by Crippen LogP contribution is 2.30. The molecule has 0 saturated carbocycles. The lowest BCUT2D eigenvalue weighted by Gasteiger charge is -2.18. The largest absolute Gasteiger partial charge is 0.460 e. The van der Waals surface area contributed by atoms with Gasteiger partial charge in [0.05, 0.1) is 11.6 Å². The maximum atomic E-state index is 12.2. The zero-order valence-corrected chi connectivity index (χ0v) is 14.5. The summed E-state index contributed by atoms with van der Waals surface area (Å²) in [4.78, 5) is 42.0. The number of azide groups is 1. The molecule has 0 aromatic carbocycles. The van der Waals surface area contributed by atoms with Gasteiger partial charge in [-0.1, -0.05) is 11.2 Å². The van der Waals surface area contributed by atoms with Crippen LogP contribution in [-0.2, 0) is 14.3 Å². The molecule has 1 fully saturated rings. The Bertz CT molecular complexity index is 941. The van der Waals surface area contributed by atoms with Gasteiger partial charge in [-0.3, -0.25) is 14.3 Å². The molecule has 0 aliphatic carbocycles. The van der Waals surface area contributed by atoms with Gasteiger partial charge in [-0.15, -0.1) is 0 Å². The maximum absolute atomic E-state index is 12.2. The van der Waals surface area contributed by atoms with Crippen molar-refractivity contribution in [3.8, 4) is 0 Å². The van der Waals surface area contributed by atoms with Crippen LogP contribution in [0.4, 0.5) is 0 Å². The normalized spacial score (nSPS) is 24.3. The van der Waals surface area contributed by atoms with Gasteiger partial charge < -0.3 is 14.4 Å². The van der Waals surface area contributed by atoms with Crippen LogP contribution in [0.25, 0.3) is 10.4 Å². The Balaban J connectivity index is 1.68. The molecule has 3 heterocycles. The predicted molar refractivity (Wildman–Crippen MR) is 93.3 cm³/mol. The summed E-state index contributed by atoms with van der Waals surface area (Å²) in [5.74, 6) is -0.487. The minimum Gasteiger partial charge on any atom is -0.460 e. The highest BCUT2D eigenvalue weighted by Gasteiger charge is 2.37. The van der Waals surface area contributed by atoms with E-state index in [0.717, 1.165) is 0 Å². The van der Waals surface area contributed by atoms with E-state index in [0.29, 0.717) is 12.0 Å². The van der Waals surface area contributed by atoms with Crippen molar-refractivity contribution < 1.29 is 14.3 Å². The Kier molecular flexibility index (Phi) is 5.43. The van der Waals surface area contributed by atoms with Gasteiger partial charge in [0.2, 0.25) is 0 Å². The first kappa shape index (κ1) is 18.5. The maximum Gasteiger partial charge on any atom is 0.335 e. The van der Waals surface area contributed by atoms with E-state index in [9.17, 15) is 14.4 Å². The van der Waals surface area contributed by atoms with Crippen molar-refractivity contribution in [3.63, 3.8) is 0 Å². The van der Waals surface area contributed by atoms with Crippen molar-refractivity contribution in [2.75, 3.05) is 13.7 Å². The van der Waals surface area contributed by atoms with Gasteiger partial charge >= 0.3 is 11.7 Å². The molecule has 0 spiro atoms. The Hall–Kier alpha value is -3.30. The molecule has 11 heteroatoms. The lowest BCUT2D eigenvalue weighted by atomic mass is 10.1. The molecule has 1 N–H and O–H groups in total. The van der Waals surface area contributed by atoms with Gasteiger partial charge in [-0.25, -0.2) is 9.59 Å². The summed E-state index contributed by atoms with van der Waals surface area (Å²) in [7, 11) is 1.80. The van der Waals surface area contributed by atoms with E-state index in [-0.39, 0.29) is 13.0 Å². The number of carbonyl (C=O) groups is 1. The molecule has 0 amide bonds. The van der Waals surface area contributed by atoms with Crippen LogP contribution in [0.2, 0.25) is 0 Å². The SMILES string of the molecule is CN1C=CCC(C(=O)OC[C@H]2O[C@@H](n3ccc(=O)[nH]c3=O)CC2N=[N+]=[N-])=C1.